The molecular formula is C14H22N2. The molecule has 1 aromatic rings. The smallest absolute Gasteiger partial charge is 0.0410 e. The first-order valence-corrected chi connectivity index (χ1v) is 6.31. The van der Waals surface area contributed by atoms with Gasteiger partial charge < -0.3 is 4.90 Å². The summed E-state index contributed by atoms with van der Waals surface area (Å²) in [6.45, 7) is 9.14. The molecule has 2 nitrogen and oxygen atoms in total. The van der Waals surface area contributed by atoms with Gasteiger partial charge in [-0.15, -0.1) is 0 Å². The first-order valence-electron chi connectivity index (χ1n) is 6.31. The van der Waals surface area contributed by atoms with E-state index in [-0.39, 0.29) is 0 Å². The molecule has 0 amide bonds. The number of aryl methyl sites for hydroxylation is 1. The average Bonchev–Trinajstić information content (AvgIpc) is 2.66. The molecule has 0 spiro atoms. The SMILES string of the molecule is Cc1cccc(CC2CCN(C(C)C)C2)n1. The van der Waals surface area contributed by atoms with Crippen LogP contribution in [0.25, 0.3) is 0 Å². The largest absolute Gasteiger partial charge is 0.301 e. The van der Waals surface area contributed by atoms with E-state index in [1.165, 1.54) is 25.2 Å². The molecule has 1 atom stereocenters. The van der Waals surface area contributed by atoms with Gasteiger partial charge in [0.15, 0.2) is 0 Å². The molecule has 1 aliphatic heterocycles. The summed E-state index contributed by atoms with van der Waals surface area (Å²) in [6.07, 6.45) is 2.47. The highest BCUT2D eigenvalue weighted by Crippen LogP contribution is 2.21. The van der Waals surface area contributed by atoms with E-state index in [1.54, 1.807) is 0 Å². The number of nitrogens with zero attached hydrogens (tertiary/aromatic N) is 2. The molecule has 0 bridgehead atoms. The zero-order chi connectivity index (χ0) is 11.5. The van der Waals surface area contributed by atoms with Crippen molar-refractivity contribution >= 4 is 0 Å². The van der Waals surface area contributed by atoms with Crippen molar-refractivity contribution in [3.05, 3.63) is 29.6 Å². The maximum Gasteiger partial charge on any atom is 0.0410 e. The minimum absolute atomic E-state index is 0.690. The summed E-state index contributed by atoms with van der Waals surface area (Å²) in [5, 5.41) is 0. The van der Waals surface area contributed by atoms with E-state index >= 15 is 0 Å². The van der Waals surface area contributed by atoms with Gasteiger partial charge in [-0.1, -0.05) is 6.07 Å². The Morgan fingerprint density at radius 3 is 2.88 bits per heavy atom. The predicted molar refractivity (Wildman–Crippen MR) is 67.5 cm³/mol. The Morgan fingerprint density at radius 2 is 2.25 bits per heavy atom. The molecule has 2 heterocycles. The summed E-state index contributed by atoms with van der Waals surface area (Å²) in [7, 11) is 0. The minimum atomic E-state index is 0.690. The second kappa shape index (κ2) is 4.96. The summed E-state index contributed by atoms with van der Waals surface area (Å²) < 4.78 is 0. The lowest BCUT2D eigenvalue weighted by Crippen LogP contribution is -2.28. The fourth-order valence-corrected chi connectivity index (χ4v) is 2.51. The molecule has 0 aliphatic carbocycles. The number of hydrogen-bond donors (Lipinski definition) is 0. The third-order valence-electron chi connectivity index (χ3n) is 3.49. The fourth-order valence-electron chi connectivity index (χ4n) is 2.51. The molecule has 1 aromatic heterocycles. The molecule has 16 heavy (non-hydrogen) atoms. The van der Waals surface area contributed by atoms with Gasteiger partial charge in [-0.05, 0) is 58.2 Å². The average molecular weight is 218 g/mol. The first-order chi connectivity index (χ1) is 7.65. The van der Waals surface area contributed by atoms with Crippen LogP contribution in [0.1, 0.15) is 31.7 Å². The van der Waals surface area contributed by atoms with Crippen LogP contribution in [-0.4, -0.2) is 29.0 Å². The van der Waals surface area contributed by atoms with E-state index in [0.717, 1.165) is 18.0 Å². The molecule has 2 rings (SSSR count). The van der Waals surface area contributed by atoms with Gasteiger partial charge >= 0.3 is 0 Å². The monoisotopic (exact) mass is 218 g/mol. The zero-order valence-corrected chi connectivity index (χ0v) is 10.6. The van der Waals surface area contributed by atoms with Gasteiger partial charge in [0, 0.05) is 24.0 Å². The van der Waals surface area contributed by atoms with Gasteiger partial charge in [0.05, 0.1) is 0 Å². The molecule has 0 aromatic carbocycles. The fraction of sp³-hybridized carbons (Fsp3) is 0.643. The van der Waals surface area contributed by atoms with Crippen LogP contribution in [0.15, 0.2) is 18.2 Å². The van der Waals surface area contributed by atoms with Crippen molar-refractivity contribution in [1.29, 1.82) is 0 Å². The van der Waals surface area contributed by atoms with Gasteiger partial charge in [-0.3, -0.25) is 4.98 Å². The lowest BCUT2D eigenvalue weighted by atomic mass is 10.0. The third-order valence-corrected chi connectivity index (χ3v) is 3.49. The molecule has 1 saturated heterocycles. The lowest BCUT2D eigenvalue weighted by Gasteiger charge is -2.20. The van der Waals surface area contributed by atoms with Crippen LogP contribution in [0.4, 0.5) is 0 Å². The highest BCUT2D eigenvalue weighted by molar-refractivity contribution is 5.10. The van der Waals surface area contributed by atoms with Crippen molar-refractivity contribution < 1.29 is 0 Å². The number of pyridine rings is 1. The number of hydrogen-bond acceptors (Lipinski definition) is 2. The van der Waals surface area contributed by atoms with Gasteiger partial charge in [0.2, 0.25) is 0 Å². The van der Waals surface area contributed by atoms with Gasteiger partial charge in [0.25, 0.3) is 0 Å². The number of rotatable bonds is 3. The van der Waals surface area contributed by atoms with Gasteiger partial charge in [-0.2, -0.15) is 0 Å². The zero-order valence-electron chi connectivity index (χ0n) is 10.6. The Morgan fingerprint density at radius 1 is 1.44 bits per heavy atom. The maximum atomic E-state index is 4.59. The molecule has 88 valence electrons. The summed E-state index contributed by atoms with van der Waals surface area (Å²) >= 11 is 0. The standard InChI is InChI=1S/C14H22N2/c1-11(2)16-8-7-13(10-16)9-14-6-4-5-12(3)15-14/h4-6,11,13H,7-10H2,1-3H3. The Balaban J connectivity index is 1.92. The third kappa shape index (κ3) is 2.82. The Bertz CT molecular complexity index is 346. The van der Waals surface area contributed by atoms with E-state index in [4.69, 9.17) is 0 Å². The van der Waals surface area contributed by atoms with Crippen LogP contribution >= 0.6 is 0 Å². The van der Waals surface area contributed by atoms with Crippen LogP contribution in [-0.2, 0) is 6.42 Å². The van der Waals surface area contributed by atoms with Gasteiger partial charge in [0.1, 0.15) is 0 Å². The van der Waals surface area contributed by atoms with Crippen LogP contribution in [0, 0.1) is 12.8 Å². The molecule has 0 saturated carbocycles. The van der Waals surface area contributed by atoms with Gasteiger partial charge in [-0.25, -0.2) is 0 Å². The summed E-state index contributed by atoms with van der Waals surface area (Å²) in [4.78, 5) is 7.16. The van der Waals surface area contributed by atoms with E-state index < -0.39 is 0 Å². The second-order valence-corrected chi connectivity index (χ2v) is 5.22. The van der Waals surface area contributed by atoms with Crippen LogP contribution < -0.4 is 0 Å². The molecule has 0 N–H and O–H groups in total. The van der Waals surface area contributed by atoms with Crippen LogP contribution in [0.2, 0.25) is 0 Å². The minimum Gasteiger partial charge on any atom is -0.301 e. The second-order valence-electron chi connectivity index (χ2n) is 5.22. The first kappa shape index (κ1) is 11.6. The maximum absolute atomic E-state index is 4.59. The van der Waals surface area contributed by atoms with Crippen LogP contribution in [0.3, 0.4) is 0 Å². The molecule has 1 fully saturated rings. The Kier molecular flexibility index (Phi) is 3.59. The van der Waals surface area contributed by atoms with Crippen molar-refractivity contribution in [1.82, 2.24) is 9.88 Å². The topological polar surface area (TPSA) is 16.1 Å². The molecule has 0 radical (unpaired) electrons. The molecule has 2 heteroatoms. The highest BCUT2D eigenvalue weighted by Gasteiger charge is 2.24. The van der Waals surface area contributed by atoms with E-state index in [9.17, 15) is 0 Å². The highest BCUT2D eigenvalue weighted by atomic mass is 15.2. The molecule has 1 unspecified atom stereocenters. The molecular weight excluding hydrogens is 196 g/mol. The van der Waals surface area contributed by atoms with E-state index in [0.29, 0.717) is 6.04 Å². The normalized spacial score (nSPS) is 21.9. The Labute approximate surface area is 98.7 Å². The number of likely N-dealkylation sites (tertiary alicyclic amines) is 1. The van der Waals surface area contributed by atoms with Crippen molar-refractivity contribution in [3.63, 3.8) is 0 Å². The number of aromatic nitrogens is 1. The van der Waals surface area contributed by atoms with Crippen molar-refractivity contribution in [2.24, 2.45) is 5.92 Å². The predicted octanol–water partition coefficient (Wildman–Crippen LogP) is 2.66. The Hall–Kier alpha value is -0.890. The quantitative estimate of drug-likeness (QED) is 0.775. The molecule has 1 aliphatic rings. The summed E-state index contributed by atoms with van der Waals surface area (Å²) in [6, 6.07) is 7.03. The van der Waals surface area contributed by atoms with E-state index in [2.05, 4.69) is 48.9 Å². The van der Waals surface area contributed by atoms with Crippen molar-refractivity contribution in [2.75, 3.05) is 13.1 Å². The summed E-state index contributed by atoms with van der Waals surface area (Å²) in [5.74, 6) is 0.802. The van der Waals surface area contributed by atoms with Crippen molar-refractivity contribution in [3.8, 4) is 0 Å². The van der Waals surface area contributed by atoms with Crippen molar-refractivity contribution in [2.45, 2.75) is 39.7 Å². The lowest BCUT2D eigenvalue weighted by molar-refractivity contribution is 0.264. The van der Waals surface area contributed by atoms with E-state index in [1.807, 2.05) is 0 Å². The summed E-state index contributed by atoms with van der Waals surface area (Å²) in [5.41, 5.74) is 2.40. The van der Waals surface area contributed by atoms with Crippen LogP contribution in [0.5, 0.6) is 0 Å².